The third-order valence-electron chi connectivity index (χ3n) is 3.02. The third kappa shape index (κ3) is 4.37. The zero-order valence-corrected chi connectivity index (χ0v) is 11.7. The van der Waals surface area contributed by atoms with Gasteiger partial charge in [-0.15, -0.1) is 0 Å². The Balaban J connectivity index is 1.93. The summed E-state index contributed by atoms with van der Waals surface area (Å²) in [5.41, 5.74) is 3.01. The van der Waals surface area contributed by atoms with E-state index in [-0.39, 0.29) is 6.42 Å². The number of carbonyl (C=O) groups is 1. The predicted molar refractivity (Wildman–Crippen MR) is 79.8 cm³/mol. The highest BCUT2D eigenvalue weighted by Gasteiger charge is 2.05. The van der Waals surface area contributed by atoms with Crippen molar-refractivity contribution >= 4 is 17.6 Å². The smallest absolute Gasteiger partial charge is 0.307 e. The van der Waals surface area contributed by atoms with Crippen LogP contribution in [-0.2, 0) is 24.3 Å². The Hall–Kier alpha value is -1.84. The number of hydrogen-bond donors (Lipinski definition) is 2. The summed E-state index contributed by atoms with van der Waals surface area (Å²) in [6, 6.07) is 15.2. The second kappa shape index (κ2) is 7.08. The van der Waals surface area contributed by atoms with Gasteiger partial charge in [0.2, 0.25) is 0 Å². The van der Waals surface area contributed by atoms with Gasteiger partial charge in [0.05, 0.1) is 6.42 Å². The largest absolute Gasteiger partial charge is 0.481 e. The quantitative estimate of drug-likeness (QED) is 0.858. The number of aliphatic carboxylic acids is 1. The van der Waals surface area contributed by atoms with Gasteiger partial charge >= 0.3 is 5.97 Å². The van der Waals surface area contributed by atoms with Gasteiger partial charge < -0.3 is 10.4 Å². The molecule has 0 saturated heterocycles. The van der Waals surface area contributed by atoms with Crippen molar-refractivity contribution in [1.29, 1.82) is 0 Å². The van der Waals surface area contributed by atoms with Crippen LogP contribution < -0.4 is 5.32 Å². The fourth-order valence-corrected chi connectivity index (χ4v) is 2.14. The number of hydrogen-bond acceptors (Lipinski definition) is 2. The van der Waals surface area contributed by atoms with Gasteiger partial charge in [-0.1, -0.05) is 48.0 Å². The van der Waals surface area contributed by atoms with Crippen molar-refractivity contribution in [2.24, 2.45) is 0 Å². The molecule has 2 N–H and O–H groups in total. The molecular weight excluding hydrogens is 274 g/mol. The highest BCUT2D eigenvalue weighted by atomic mass is 35.5. The fourth-order valence-electron chi connectivity index (χ4n) is 2.01. The Morgan fingerprint density at radius 1 is 1.00 bits per heavy atom. The van der Waals surface area contributed by atoms with E-state index in [1.165, 1.54) is 0 Å². The van der Waals surface area contributed by atoms with Crippen LogP contribution in [0.5, 0.6) is 0 Å². The Labute approximate surface area is 123 Å². The first-order valence-corrected chi connectivity index (χ1v) is 6.76. The van der Waals surface area contributed by atoms with Crippen LogP contribution >= 0.6 is 11.6 Å². The number of carboxylic acid groups (broad SMARTS) is 1. The van der Waals surface area contributed by atoms with E-state index >= 15 is 0 Å². The predicted octanol–water partition coefficient (Wildman–Crippen LogP) is 3.26. The van der Waals surface area contributed by atoms with Crippen LogP contribution in [0, 0.1) is 0 Å². The van der Waals surface area contributed by atoms with Crippen molar-refractivity contribution in [3.63, 3.8) is 0 Å². The monoisotopic (exact) mass is 289 g/mol. The molecule has 104 valence electrons. The maximum atomic E-state index is 10.8. The van der Waals surface area contributed by atoms with Gasteiger partial charge in [0, 0.05) is 18.1 Å². The number of rotatable bonds is 6. The van der Waals surface area contributed by atoms with Gasteiger partial charge in [-0.05, 0) is 28.8 Å². The van der Waals surface area contributed by atoms with E-state index in [0.717, 1.165) is 28.3 Å². The summed E-state index contributed by atoms with van der Waals surface area (Å²) in [7, 11) is 0. The summed E-state index contributed by atoms with van der Waals surface area (Å²) < 4.78 is 0. The van der Waals surface area contributed by atoms with E-state index in [2.05, 4.69) is 5.32 Å². The Morgan fingerprint density at radius 2 is 1.65 bits per heavy atom. The van der Waals surface area contributed by atoms with Crippen LogP contribution in [0.1, 0.15) is 16.7 Å². The lowest BCUT2D eigenvalue weighted by Gasteiger charge is -2.09. The molecule has 0 radical (unpaired) electrons. The lowest BCUT2D eigenvalue weighted by Crippen LogP contribution is -2.15. The van der Waals surface area contributed by atoms with Gasteiger partial charge in [-0.2, -0.15) is 0 Å². The summed E-state index contributed by atoms with van der Waals surface area (Å²) in [6.45, 7) is 1.37. The minimum atomic E-state index is -0.810. The molecule has 0 aliphatic rings. The lowest BCUT2D eigenvalue weighted by molar-refractivity contribution is -0.136. The maximum Gasteiger partial charge on any atom is 0.307 e. The van der Waals surface area contributed by atoms with E-state index in [0.29, 0.717) is 6.54 Å². The fraction of sp³-hybridized carbons (Fsp3) is 0.188. The zero-order chi connectivity index (χ0) is 14.4. The molecule has 3 nitrogen and oxygen atoms in total. The van der Waals surface area contributed by atoms with E-state index < -0.39 is 5.97 Å². The summed E-state index contributed by atoms with van der Waals surface area (Å²) in [5.74, 6) is -0.810. The molecule has 0 unspecified atom stereocenters. The molecule has 20 heavy (non-hydrogen) atoms. The maximum absolute atomic E-state index is 10.8. The van der Waals surface area contributed by atoms with Gasteiger partial charge in [0.15, 0.2) is 0 Å². The minimum Gasteiger partial charge on any atom is -0.481 e. The van der Waals surface area contributed by atoms with Crippen molar-refractivity contribution in [3.05, 3.63) is 70.2 Å². The van der Waals surface area contributed by atoms with Crippen LogP contribution in [0.2, 0.25) is 5.02 Å². The van der Waals surface area contributed by atoms with E-state index in [9.17, 15) is 4.79 Å². The third-order valence-corrected chi connectivity index (χ3v) is 3.27. The first-order chi connectivity index (χ1) is 9.65. The molecule has 0 aliphatic carbocycles. The molecule has 2 aromatic carbocycles. The molecule has 2 aromatic rings. The highest BCUT2D eigenvalue weighted by Crippen LogP contribution is 2.11. The van der Waals surface area contributed by atoms with E-state index in [1.807, 2.05) is 48.5 Å². The van der Waals surface area contributed by atoms with Gasteiger partial charge in [0.25, 0.3) is 0 Å². The molecule has 0 fully saturated rings. The molecular formula is C16H16ClNO2. The Morgan fingerprint density at radius 3 is 2.30 bits per heavy atom. The number of nitrogens with one attached hydrogen (secondary N) is 1. The van der Waals surface area contributed by atoms with Crippen molar-refractivity contribution in [1.82, 2.24) is 5.32 Å². The van der Waals surface area contributed by atoms with E-state index in [1.54, 1.807) is 0 Å². The van der Waals surface area contributed by atoms with Crippen LogP contribution in [0.15, 0.2) is 48.5 Å². The molecule has 0 amide bonds. The second-order valence-corrected chi connectivity index (χ2v) is 5.01. The summed E-state index contributed by atoms with van der Waals surface area (Å²) >= 11 is 5.83. The molecule has 0 aromatic heterocycles. The lowest BCUT2D eigenvalue weighted by atomic mass is 10.0. The van der Waals surface area contributed by atoms with Crippen LogP contribution in [0.25, 0.3) is 0 Å². The second-order valence-electron chi connectivity index (χ2n) is 4.57. The summed E-state index contributed by atoms with van der Waals surface area (Å²) in [5, 5.41) is 12.9. The topological polar surface area (TPSA) is 49.3 Å². The summed E-state index contributed by atoms with van der Waals surface area (Å²) in [6.07, 6.45) is 0.0544. The van der Waals surface area contributed by atoms with Crippen LogP contribution in [0.4, 0.5) is 0 Å². The Kier molecular flexibility index (Phi) is 5.16. The number of benzene rings is 2. The number of halogens is 1. The van der Waals surface area contributed by atoms with Crippen molar-refractivity contribution in [2.75, 3.05) is 0 Å². The van der Waals surface area contributed by atoms with Gasteiger partial charge in [-0.25, -0.2) is 0 Å². The highest BCUT2D eigenvalue weighted by molar-refractivity contribution is 6.30. The standard InChI is InChI=1S/C16H16ClNO2/c17-15-7-5-12(6-8-15)10-18-11-14-4-2-1-3-13(14)9-16(19)20/h1-8,18H,9-11H2,(H,19,20). The van der Waals surface area contributed by atoms with Crippen LogP contribution in [0.3, 0.4) is 0 Å². The average Bonchev–Trinajstić information content (AvgIpc) is 2.42. The van der Waals surface area contributed by atoms with Crippen molar-refractivity contribution in [2.45, 2.75) is 19.5 Å². The molecule has 4 heteroatoms. The molecule has 0 heterocycles. The molecule has 0 spiro atoms. The molecule has 0 atom stereocenters. The SMILES string of the molecule is O=C(O)Cc1ccccc1CNCc1ccc(Cl)cc1. The van der Waals surface area contributed by atoms with E-state index in [4.69, 9.17) is 16.7 Å². The molecule has 0 bridgehead atoms. The first-order valence-electron chi connectivity index (χ1n) is 6.39. The van der Waals surface area contributed by atoms with Crippen molar-refractivity contribution < 1.29 is 9.90 Å². The molecule has 0 aliphatic heterocycles. The van der Waals surface area contributed by atoms with Crippen molar-refractivity contribution in [3.8, 4) is 0 Å². The minimum absolute atomic E-state index is 0.0544. The zero-order valence-electron chi connectivity index (χ0n) is 11.0. The van der Waals surface area contributed by atoms with Gasteiger partial charge in [0.1, 0.15) is 0 Å². The van der Waals surface area contributed by atoms with Crippen LogP contribution in [-0.4, -0.2) is 11.1 Å². The average molecular weight is 290 g/mol. The van der Waals surface area contributed by atoms with Gasteiger partial charge in [-0.3, -0.25) is 4.79 Å². The molecule has 0 saturated carbocycles. The first kappa shape index (κ1) is 14.6. The normalized spacial score (nSPS) is 10.4. The molecule has 2 rings (SSSR count). The number of carboxylic acids is 1. The summed E-state index contributed by atoms with van der Waals surface area (Å²) in [4.78, 5) is 10.8. The Bertz CT molecular complexity index is 581.